The molecule has 0 atom stereocenters. The number of rotatable bonds is 2. The van der Waals surface area contributed by atoms with Crippen LogP contribution in [0.1, 0.15) is 57.8 Å². The van der Waals surface area contributed by atoms with Crippen molar-refractivity contribution in [2.75, 3.05) is 26.2 Å². The van der Waals surface area contributed by atoms with Gasteiger partial charge in [-0.2, -0.15) is 0 Å². The molecule has 0 N–H and O–H groups in total. The van der Waals surface area contributed by atoms with Crippen LogP contribution in [0.2, 0.25) is 0 Å². The van der Waals surface area contributed by atoms with Gasteiger partial charge in [-0.3, -0.25) is 0 Å². The van der Waals surface area contributed by atoms with Crippen LogP contribution in [-0.2, 0) is 0 Å². The van der Waals surface area contributed by atoms with Crippen LogP contribution in [0.4, 0.5) is 0 Å². The van der Waals surface area contributed by atoms with Gasteiger partial charge in [0.05, 0.1) is 26.2 Å². The van der Waals surface area contributed by atoms with Crippen molar-refractivity contribution >= 4 is 0 Å². The van der Waals surface area contributed by atoms with E-state index in [0.29, 0.717) is 0 Å². The Bertz CT molecular complexity index is 216. The molecule has 0 aromatic heterocycles. The summed E-state index contributed by atoms with van der Waals surface area (Å²) >= 11 is 0. The summed E-state index contributed by atoms with van der Waals surface area (Å²) in [5.41, 5.74) is 0. The third-order valence-corrected chi connectivity index (χ3v) is 5.64. The van der Waals surface area contributed by atoms with Crippen molar-refractivity contribution in [3.8, 4) is 0 Å². The molecule has 0 aromatic carbocycles. The molecular formula is C15H28N+. The molecule has 0 spiro atoms. The molecule has 3 heterocycles. The van der Waals surface area contributed by atoms with Gasteiger partial charge >= 0.3 is 0 Å². The topological polar surface area (TPSA) is 0 Å². The lowest BCUT2D eigenvalue weighted by molar-refractivity contribution is -0.934. The highest BCUT2D eigenvalue weighted by atomic mass is 15.4. The number of hydrogen-bond donors (Lipinski definition) is 0. The predicted molar refractivity (Wildman–Crippen MR) is 68.3 cm³/mol. The smallest absolute Gasteiger partial charge is 0.0815 e. The first-order valence-corrected chi connectivity index (χ1v) is 7.71. The molecule has 1 nitrogen and oxygen atoms in total. The third kappa shape index (κ3) is 2.30. The van der Waals surface area contributed by atoms with Crippen LogP contribution < -0.4 is 0 Å². The first-order chi connectivity index (χ1) is 7.86. The monoisotopic (exact) mass is 222 g/mol. The van der Waals surface area contributed by atoms with E-state index in [1.54, 1.807) is 38.6 Å². The van der Waals surface area contributed by atoms with Gasteiger partial charge in [0.25, 0.3) is 0 Å². The van der Waals surface area contributed by atoms with Gasteiger partial charge in [-0.05, 0) is 44.4 Å². The van der Waals surface area contributed by atoms with Crippen molar-refractivity contribution in [2.24, 2.45) is 11.8 Å². The second-order valence-corrected chi connectivity index (χ2v) is 6.78. The van der Waals surface area contributed by atoms with E-state index in [9.17, 15) is 0 Å². The molecule has 0 aromatic rings. The van der Waals surface area contributed by atoms with Crippen molar-refractivity contribution in [3.05, 3.63) is 0 Å². The van der Waals surface area contributed by atoms with Gasteiger partial charge < -0.3 is 4.48 Å². The Hall–Kier alpha value is -0.0400. The average molecular weight is 222 g/mol. The second kappa shape index (κ2) is 4.68. The molecule has 4 rings (SSSR count). The maximum Gasteiger partial charge on any atom is 0.0815 e. The number of hydrogen-bond acceptors (Lipinski definition) is 0. The maximum atomic E-state index is 1.55. The van der Waals surface area contributed by atoms with Crippen LogP contribution in [-0.4, -0.2) is 30.7 Å². The summed E-state index contributed by atoms with van der Waals surface area (Å²) in [5, 5.41) is 0. The van der Waals surface area contributed by atoms with Crippen molar-refractivity contribution < 1.29 is 4.48 Å². The Labute approximate surface area is 101 Å². The molecule has 0 amide bonds. The van der Waals surface area contributed by atoms with Crippen molar-refractivity contribution in [1.82, 2.24) is 0 Å². The van der Waals surface area contributed by atoms with Crippen LogP contribution in [0.5, 0.6) is 0 Å². The van der Waals surface area contributed by atoms with E-state index in [0.717, 1.165) is 11.8 Å². The van der Waals surface area contributed by atoms with Crippen LogP contribution in [0.15, 0.2) is 0 Å². The highest BCUT2D eigenvalue weighted by Crippen LogP contribution is 2.35. The predicted octanol–water partition coefficient (Wildman–Crippen LogP) is 3.59. The zero-order valence-electron chi connectivity index (χ0n) is 10.8. The Morgan fingerprint density at radius 2 is 1.44 bits per heavy atom. The quantitative estimate of drug-likeness (QED) is 0.626. The molecule has 1 heteroatoms. The lowest BCUT2D eigenvalue weighted by Crippen LogP contribution is -2.54. The van der Waals surface area contributed by atoms with Crippen LogP contribution in [0, 0.1) is 11.8 Å². The molecule has 1 aliphatic carbocycles. The molecular weight excluding hydrogens is 194 g/mol. The standard InChI is InChI=1S/C15H28N/c1-2-5-15(6-3-1)13-16-10-4-7-14(8-11-16)9-12-16/h14-15H,1-13H2/q+1. The molecule has 4 fully saturated rings. The van der Waals surface area contributed by atoms with Gasteiger partial charge in [-0.1, -0.05) is 19.3 Å². The van der Waals surface area contributed by atoms with Gasteiger partial charge in [0.2, 0.25) is 0 Å². The molecule has 1 saturated carbocycles. The van der Waals surface area contributed by atoms with E-state index in [4.69, 9.17) is 0 Å². The van der Waals surface area contributed by atoms with Crippen molar-refractivity contribution in [1.29, 1.82) is 0 Å². The van der Waals surface area contributed by atoms with Crippen LogP contribution in [0.3, 0.4) is 0 Å². The highest BCUT2D eigenvalue weighted by molar-refractivity contribution is 4.73. The fraction of sp³-hybridized carbons (Fsp3) is 1.00. The molecule has 4 aliphatic rings. The summed E-state index contributed by atoms with van der Waals surface area (Å²) in [7, 11) is 0. The summed E-state index contributed by atoms with van der Waals surface area (Å²) in [4.78, 5) is 0. The van der Waals surface area contributed by atoms with Gasteiger partial charge in [0.1, 0.15) is 0 Å². The Morgan fingerprint density at radius 3 is 2.19 bits per heavy atom. The van der Waals surface area contributed by atoms with Gasteiger partial charge in [-0.15, -0.1) is 0 Å². The minimum Gasteiger partial charge on any atom is -0.323 e. The summed E-state index contributed by atoms with van der Waals surface area (Å²) in [6.07, 6.45) is 13.8. The lowest BCUT2D eigenvalue weighted by Gasteiger charge is -2.43. The van der Waals surface area contributed by atoms with E-state index >= 15 is 0 Å². The molecule has 0 unspecified atom stereocenters. The second-order valence-electron chi connectivity index (χ2n) is 6.78. The molecule has 92 valence electrons. The minimum atomic E-state index is 1.09. The molecule has 3 saturated heterocycles. The summed E-state index contributed by atoms with van der Waals surface area (Å²) in [6.45, 7) is 6.13. The molecule has 2 bridgehead atoms. The van der Waals surface area contributed by atoms with E-state index in [2.05, 4.69) is 0 Å². The zero-order chi connectivity index (χ0) is 10.8. The van der Waals surface area contributed by atoms with Crippen LogP contribution in [0.25, 0.3) is 0 Å². The molecule has 16 heavy (non-hydrogen) atoms. The first-order valence-electron chi connectivity index (χ1n) is 7.71. The SMILES string of the molecule is C1CCC(C[N+]23CCCC(CC2)CC3)CC1. The lowest BCUT2D eigenvalue weighted by atomic mass is 9.87. The van der Waals surface area contributed by atoms with Crippen LogP contribution >= 0.6 is 0 Å². The van der Waals surface area contributed by atoms with Gasteiger partial charge in [-0.25, -0.2) is 0 Å². The normalized spacial score (nSPS) is 40.9. The Balaban J connectivity index is 1.62. The molecule has 3 aliphatic heterocycles. The Morgan fingerprint density at radius 1 is 0.688 bits per heavy atom. The fourth-order valence-electron chi connectivity index (χ4n) is 4.59. The van der Waals surface area contributed by atoms with E-state index in [-0.39, 0.29) is 0 Å². The van der Waals surface area contributed by atoms with Gasteiger partial charge in [0.15, 0.2) is 0 Å². The first kappa shape index (κ1) is 11.1. The summed E-state index contributed by atoms with van der Waals surface area (Å²) in [6, 6.07) is 0. The summed E-state index contributed by atoms with van der Waals surface area (Å²) in [5.74, 6) is 2.20. The number of piperidine rings is 1. The largest absolute Gasteiger partial charge is 0.323 e. The molecule has 0 radical (unpaired) electrons. The third-order valence-electron chi connectivity index (χ3n) is 5.64. The average Bonchev–Trinajstić information content (AvgIpc) is 2.63. The number of nitrogens with zero attached hydrogens (tertiary/aromatic N) is 1. The minimum absolute atomic E-state index is 1.09. The highest BCUT2D eigenvalue weighted by Gasteiger charge is 2.38. The van der Waals surface area contributed by atoms with Gasteiger partial charge in [0, 0.05) is 5.92 Å². The number of fused-ring (bicyclic) bond motifs is 4. The van der Waals surface area contributed by atoms with Crippen molar-refractivity contribution in [2.45, 2.75) is 57.8 Å². The van der Waals surface area contributed by atoms with E-state index in [1.165, 1.54) is 49.8 Å². The Kier molecular flexibility index (Phi) is 3.24. The summed E-state index contributed by atoms with van der Waals surface area (Å²) < 4.78 is 1.53. The van der Waals surface area contributed by atoms with E-state index < -0.39 is 0 Å². The fourth-order valence-corrected chi connectivity index (χ4v) is 4.59. The van der Waals surface area contributed by atoms with E-state index in [1.807, 2.05) is 0 Å². The maximum absolute atomic E-state index is 1.55. The zero-order valence-corrected chi connectivity index (χ0v) is 10.8. The number of quaternary nitrogens is 1. The van der Waals surface area contributed by atoms with Crippen molar-refractivity contribution in [3.63, 3.8) is 0 Å².